The third-order valence-corrected chi connectivity index (χ3v) is 4.07. The second-order valence-electron chi connectivity index (χ2n) is 5.80. The Morgan fingerprint density at radius 3 is 2.50 bits per heavy atom. The van der Waals surface area contributed by atoms with Crippen LogP contribution in [0.15, 0.2) is 48.5 Å². The average molecular weight is 351 g/mol. The van der Waals surface area contributed by atoms with Crippen LogP contribution >= 0.6 is 0 Å². The lowest BCUT2D eigenvalue weighted by Crippen LogP contribution is -2.06. The van der Waals surface area contributed by atoms with Gasteiger partial charge in [-0.25, -0.2) is 9.48 Å². The van der Waals surface area contributed by atoms with Gasteiger partial charge < -0.3 is 9.84 Å². The number of carboxylic acid groups (broad SMARTS) is 1. The highest BCUT2D eigenvalue weighted by Crippen LogP contribution is 2.24. The first kappa shape index (κ1) is 17.7. The number of hydrogen-bond donors (Lipinski definition) is 1. The second-order valence-corrected chi connectivity index (χ2v) is 5.80. The molecule has 0 radical (unpaired) electrons. The van der Waals surface area contributed by atoms with Crippen LogP contribution in [0.5, 0.6) is 6.01 Å². The molecule has 6 heteroatoms. The van der Waals surface area contributed by atoms with Crippen LogP contribution in [0.2, 0.25) is 0 Å². The lowest BCUT2D eigenvalue weighted by Gasteiger charge is -2.08. The van der Waals surface area contributed by atoms with Crippen LogP contribution in [-0.4, -0.2) is 32.4 Å². The van der Waals surface area contributed by atoms with Gasteiger partial charge in [-0.3, -0.25) is 0 Å². The Balaban J connectivity index is 1.84. The van der Waals surface area contributed by atoms with Crippen LogP contribution < -0.4 is 4.74 Å². The molecule has 1 heterocycles. The lowest BCUT2D eigenvalue weighted by atomic mass is 9.99. The van der Waals surface area contributed by atoms with Crippen molar-refractivity contribution in [2.75, 3.05) is 6.61 Å². The largest absolute Gasteiger partial charge is 0.478 e. The molecular formula is C20H21N3O3. The number of aromatic nitrogens is 3. The minimum absolute atomic E-state index is 0.297. The molecule has 0 fully saturated rings. The highest BCUT2D eigenvalue weighted by atomic mass is 16.5. The maximum atomic E-state index is 11.4. The van der Waals surface area contributed by atoms with Crippen molar-refractivity contribution in [3.05, 3.63) is 65.5 Å². The van der Waals surface area contributed by atoms with Crippen LogP contribution in [0.1, 0.15) is 35.6 Å². The van der Waals surface area contributed by atoms with Gasteiger partial charge in [-0.05, 0) is 29.7 Å². The number of carboxylic acids is 1. The molecule has 3 aromatic rings. The van der Waals surface area contributed by atoms with Gasteiger partial charge in [0.25, 0.3) is 0 Å². The molecule has 0 aliphatic heterocycles. The summed E-state index contributed by atoms with van der Waals surface area (Å²) in [5, 5.41) is 13.7. The molecule has 1 aromatic heterocycles. The summed E-state index contributed by atoms with van der Waals surface area (Å²) in [5.41, 5.74) is 2.94. The van der Waals surface area contributed by atoms with Gasteiger partial charge in [0.1, 0.15) is 5.82 Å². The van der Waals surface area contributed by atoms with E-state index < -0.39 is 5.97 Å². The lowest BCUT2D eigenvalue weighted by molar-refractivity contribution is 0.0697. The summed E-state index contributed by atoms with van der Waals surface area (Å²) in [5.74, 6) is -0.0583. The highest BCUT2D eigenvalue weighted by Gasteiger charge is 2.12. The van der Waals surface area contributed by atoms with Crippen molar-refractivity contribution >= 4 is 5.97 Å². The molecule has 6 nitrogen and oxygen atoms in total. The minimum Gasteiger partial charge on any atom is -0.478 e. The Morgan fingerprint density at radius 2 is 1.85 bits per heavy atom. The number of ether oxygens (including phenoxy) is 1. The first-order valence-corrected chi connectivity index (χ1v) is 8.60. The Labute approximate surface area is 152 Å². The summed E-state index contributed by atoms with van der Waals surface area (Å²) in [6.45, 7) is 5.05. The standard InChI is InChI=1S/C20H21N3O3/c1-3-18-21-20(26-4-2)22-23(18)13-14-9-11-15(12-10-14)16-7-5-6-8-17(16)19(24)25/h5-12H,3-4,13H2,1-2H3,(H,24,25). The molecule has 0 bridgehead atoms. The van der Waals surface area contributed by atoms with Gasteiger partial charge in [0.05, 0.1) is 18.7 Å². The van der Waals surface area contributed by atoms with Crippen molar-refractivity contribution in [1.29, 1.82) is 0 Å². The van der Waals surface area contributed by atoms with Crippen LogP contribution in [0.4, 0.5) is 0 Å². The topological polar surface area (TPSA) is 77.2 Å². The molecule has 2 aromatic carbocycles. The fraction of sp³-hybridized carbons (Fsp3) is 0.250. The zero-order valence-corrected chi connectivity index (χ0v) is 14.8. The van der Waals surface area contributed by atoms with Gasteiger partial charge >= 0.3 is 12.0 Å². The van der Waals surface area contributed by atoms with Gasteiger partial charge in [-0.1, -0.05) is 49.4 Å². The van der Waals surface area contributed by atoms with Crippen molar-refractivity contribution in [3.63, 3.8) is 0 Å². The smallest absolute Gasteiger partial charge is 0.336 e. The van der Waals surface area contributed by atoms with E-state index in [9.17, 15) is 9.90 Å². The summed E-state index contributed by atoms with van der Waals surface area (Å²) in [4.78, 5) is 15.8. The van der Waals surface area contributed by atoms with Crippen LogP contribution in [-0.2, 0) is 13.0 Å². The maximum absolute atomic E-state index is 11.4. The maximum Gasteiger partial charge on any atom is 0.336 e. The normalized spacial score (nSPS) is 10.7. The van der Waals surface area contributed by atoms with Crippen molar-refractivity contribution in [2.24, 2.45) is 0 Å². The Hall–Kier alpha value is -3.15. The molecule has 0 amide bonds. The predicted octanol–water partition coefficient (Wildman–Crippen LogP) is 3.65. The number of nitrogens with zero attached hydrogens (tertiary/aromatic N) is 3. The number of aromatic carboxylic acids is 1. The van der Waals surface area contributed by atoms with Crippen molar-refractivity contribution in [1.82, 2.24) is 14.8 Å². The first-order chi connectivity index (χ1) is 12.6. The van der Waals surface area contributed by atoms with Crippen LogP contribution in [0.25, 0.3) is 11.1 Å². The Kier molecular flexibility index (Phi) is 5.31. The molecule has 0 unspecified atom stereocenters. The molecule has 134 valence electrons. The quantitative estimate of drug-likeness (QED) is 0.703. The SMILES string of the molecule is CCOc1nc(CC)n(Cc2ccc(-c3ccccc3C(=O)O)cc2)n1. The summed E-state index contributed by atoms with van der Waals surface area (Å²) in [7, 11) is 0. The third kappa shape index (κ3) is 3.74. The Morgan fingerprint density at radius 1 is 1.12 bits per heavy atom. The van der Waals surface area contributed by atoms with Gasteiger partial charge in [-0.2, -0.15) is 4.98 Å². The molecular weight excluding hydrogens is 330 g/mol. The van der Waals surface area contributed by atoms with Gasteiger partial charge in [0.15, 0.2) is 0 Å². The summed E-state index contributed by atoms with van der Waals surface area (Å²) >= 11 is 0. The number of benzene rings is 2. The zero-order chi connectivity index (χ0) is 18.5. The fourth-order valence-corrected chi connectivity index (χ4v) is 2.81. The van der Waals surface area contributed by atoms with Gasteiger partial charge in [0, 0.05) is 6.42 Å². The van der Waals surface area contributed by atoms with E-state index in [1.807, 2.05) is 54.9 Å². The van der Waals surface area contributed by atoms with E-state index in [0.717, 1.165) is 23.4 Å². The molecule has 0 saturated heterocycles. The second kappa shape index (κ2) is 7.82. The average Bonchev–Trinajstić information content (AvgIpc) is 3.04. The summed E-state index contributed by atoms with van der Waals surface area (Å²) < 4.78 is 7.22. The number of hydrogen-bond acceptors (Lipinski definition) is 4. The van der Waals surface area contributed by atoms with Crippen LogP contribution in [0.3, 0.4) is 0 Å². The third-order valence-electron chi connectivity index (χ3n) is 4.07. The molecule has 3 rings (SSSR count). The zero-order valence-electron chi connectivity index (χ0n) is 14.8. The molecule has 0 atom stereocenters. The molecule has 26 heavy (non-hydrogen) atoms. The molecule has 0 aliphatic rings. The number of carbonyl (C=O) groups is 1. The molecule has 0 saturated carbocycles. The minimum atomic E-state index is -0.927. The summed E-state index contributed by atoms with van der Waals surface area (Å²) in [6.07, 6.45) is 0.768. The van der Waals surface area contributed by atoms with Crippen molar-refractivity contribution < 1.29 is 14.6 Å². The molecule has 0 spiro atoms. The van der Waals surface area contributed by atoms with E-state index in [-0.39, 0.29) is 0 Å². The van der Waals surface area contributed by atoms with E-state index in [0.29, 0.717) is 30.3 Å². The summed E-state index contributed by atoms with van der Waals surface area (Å²) in [6, 6.07) is 15.2. The van der Waals surface area contributed by atoms with Crippen molar-refractivity contribution in [2.45, 2.75) is 26.8 Å². The fourth-order valence-electron chi connectivity index (χ4n) is 2.81. The van der Waals surface area contributed by atoms with E-state index in [4.69, 9.17) is 4.74 Å². The van der Waals surface area contributed by atoms with E-state index in [1.165, 1.54) is 0 Å². The van der Waals surface area contributed by atoms with Gasteiger partial charge in [0.2, 0.25) is 0 Å². The number of aryl methyl sites for hydroxylation is 1. The van der Waals surface area contributed by atoms with E-state index >= 15 is 0 Å². The molecule has 1 N–H and O–H groups in total. The monoisotopic (exact) mass is 351 g/mol. The van der Waals surface area contributed by atoms with E-state index in [1.54, 1.807) is 12.1 Å². The molecule has 0 aliphatic carbocycles. The van der Waals surface area contributed by atoms with Crippen molar-refractivity contribution in [3.8, 4) is 17.1 Å². The predicted molar refractivity (Wildman–Crippen MR) is 98.5 cm³/mol. The van der Waals surface area contributed by atoms with Crippen LogP contribution in [0, 0.1) is 0 Å². The first-order valence-electron chi connectivity index (χ1n) is 8.60. The Bertz CT molecular complexity index is 901. The van der Waals surface area contributed by atoms with E-state index in [2.05, 4.69) is 10.1 Å². The van der Waals surface area contributed by atoms with Gasteiger partial charge in [-0.15, -0.1) is 5.10 Å². The number of rotatable bonds is 7. The highest BCUT2D eigenvalue weighted by molar-refractivity contribution is 5.95.